The second-order valence-corrected chi connectivity index (χ2v) is 6.17. The van der Waals surface area contributed by atoms with E-state index in [2.05, 4.69) is 38.5 Å². The lowest BCUT2D eigenvalue weighted by molar-refractivity contribution is 0.884. The van der Waals surface area contributed by atoms with Crippen LogP contribution in [0.1, 0.15) is 24.2 Å². The lowest BCUT2D eigenvalue weighted by Crippen LogP contribution is -2.07. The fourth-order valence-electron chi connectivity index (χ4n) is 1.55. The fourth-order valence-corrected chi connectivity index (χ4v) is 2.93. The Morgan fingerprint density at radius 2 is 2.24 bits per heavy atom. The Balaban J connectivity index is 2.15. The van der Waals surface area contributed by atoms with E-state index in [4.69, 9.17) is 11.6 Å². The molecule has 2 aromatic heterocycles. The summed E-state index contributed by atoms with van der Waals surface area (Å²) in [5, 5.41) is 5.50. The number of nitrogens with one attached hydrogen (secondary N) is 1. The van der Waals surface area contributed by atoms with Gasteiger partial charge in [0.1, 0.15) is 4.60 Å². The summed E-state index contributed by atoms with van der Waals surface area (Å²) in [6.45, 7) is 4.10. The van der Waals surface area contributed by atoms with Crippen molar-refractivity contribution in [3.63, 3.8) is 0 Å². The second kappa shape index (κ2) is 5.38. The van der Waals surface area contributed by atoms with Gasteiger partial charge in [-0.2, -0.15) is 0 Å². The first kappa shape index (κ1) is 12.9. The smallest absolute Gasteiger partial charge is 0.106 e. The van der Waals surface area contributed by atoms with E-state index in [1.165, 1.54) is 5.56 Å². The SMILES string of the molecule is Cc1nc(Br)ccc1NC(C)c1csc(Cl)c1. The van der Waals surface area contributed by atoms with E-state index in [0.717, 1.165) is 20.3 Å². The molecule has 0 saturated heterocycles. The van der Waals surface area contributed by atoms with Gasteiger partial charge in [-0.15, -0.1) is 11.3 Å². The third-order valence-electron chi connectivity index (χ3n) is 2.51. The maximum Gasteiger partial charge on any atom is 0.106 e. The Bertz CT molecular complexity index is 527. The number of thiophene rings is 1. The number of hydrogen-bond acceptors (Lipinski definition) is 3. The molecule has 1 unspecified atom stereocenters. The van der Waals surface area contributed by atoms with Crippen LogP contribution < -0.4 is 5.32 Å². The first-order valence-electron chi connectivity index (χ1n) is 5.20. The molecule has 0 aliphatic heterocycles. The third kappa shape index (κ3) is 3.21. The van der Waals surface area contributed by atoms with Crippen molar-refractivity contribution in [3.05, 3.63) is 43.8 Å². The molecule has 2 nitrogen and oxygen atoms in total. The molecule has 0 aliphatic carbocycles. The van der Waals surface area contributed by atoms with Crippen LogP contribution in [0.5, 0.6) is 0 Å². The molecule has 2 rings (SSSR count). The number of aromatic nitrogens is 1. The van der Waals surface area contributed by atoms with Crippen LogP contribution in [-0.4, -0.2) is 4.98 Å². The second-order valence-electron chi connectivity index (χ2n) is 3.82. The average Bonchev–Trinajstić information content (AvgIpc) is 2.69. The van der Waals surface area contributed by atoms with Crippen LogP contribution in [0.15, 0.2) is 28.2 Å². The number of hydrogen-bond donors (Lipinski definition) is 1. The van der Waals surface area contributed by atoms with Crippen LogP contribution in [0, 0.1) is 6.92 Å². The van der Waals surface area contributed by atoms with Gasteiger partial charge < -0.3 is 5.32 Å². The monoisotopic (exact) mass is 330 g/mol. The first-order chi connectivity index (χ1) is 8.06. The van der Waals surface area contributed by atoms with Crippen molar-refractivity contribution in [3.8, 4) is 0 Å². The number of nitrogens with zero attached hydrogens (tertiary/aromatic N) is 1. The van der Waals surface area contributed by atoms with Gasteiger partial charge in [0.15, 0.2) is 0 Å². The lowest BCUT2D eigenvalue weighted by Gasteiger charge is -2.15. The highest BCUT2D eigenvalue weighted by Crippen LogP contribution is 2.28. The number of halogens is 2. The molecule has 0 amide bonds. The number of rotatable bonds is 3. The lowest BCUT2D eigenvalue weighted by atomic mass is 10.1. The molecule has 0 aromatic carbocycles. The topological polar surface area (TPSA) is 24.9 Å². The minimum atomic E-state index is 0.223. The van der Waals surface area contributed by atoms with Gasteiger partial charge in [0.2, 0.25) is 0 Å². The predicted octanol–water partition coefficient (Wildman–Crippen LogP) is 5.04. The van der Waals surface area contributed by atoms with Crippen molar-refractivity contribution in [1.82, 2.24) is 4.98 Å². The molecule has 17 heavy (non-hydrogen) atoms. The molecule has 2 aromatic rings. The molecule has 90 valence electrons. The van der Waals surface area contributed by atoms with Crippen LogP contribution in [0.25, 0.3) is 0 Å². The molecule has 0 spiro atoms. The van der Waals surface area contributed by atoms with Gasteiger partial charge in [-0.25, -0.2) is 4.98 Å². The number of pyridine rings is 1. The van der Waals surface area contributed by atoms with E-state index < -0.39 is 0 Å². The van der Waals surface area contributed by atoms with Crippen molar-refractivity contribution in [2.24, 2.45) is 0 Å². The maximum absolute atomic E-state index is 5.93. The highest BCUT2D eigenvalue weighted by atomic mass is 79.9. The van der Waals surface area contributed by atoms with E-state index in [-0.39, 0.29) is 6.04 Å². The van der Waals surface area contributed by atoms with Crippen LogP contribution in [0.2, 0.25) is 4.34 Å². The van der Waals surface area contributed by atoms with Crippen LogP contribution in [0.4, 0.5) is 5.69 Å². The van der Waals surface area contributed by atoms with Gasteiger partial charge in [0, 0.05) is 6.04 Å². The Hall–Kier alpha value is -0.580. The molecular formula is C12H12BrClN2S. The summed E-state index contributed by atoms with van der Waals surface area (Å²) < 4.78 is 1.67. The highest BCUT2D eigenvalue weighted by molar-refractivity contribution is 9.10. The van der Waals surface area contributed by atoms with E-state index >= 15 is 0 Å². The van der Waals surface area contributed by atoms with E-state index in [9.17, 15) is 0 Å². The van der Waals surface area contributed by atoms with Gasteiger partial charge in [-0.1, -0.05) is 11.6 Å². The summed E-state index contributed by atoms with van der Waals surface area (Å²) in [5.74, 6) is 0. The van der Waals surface area contributed by atoms with Gasteiger partial charge >= 0.3 is 0 Å². The Morgan fingerprint density at radius 1 is 1.47 bits per heavy atom. The zero-order chi connectivity index (χ0) is 12.4. The summed E-state index contributed by atoms with van der Waals surface area (Å²) in [6.07, 6.45) is 0. The van der Waals surface area contributed by atoms with Crippen molar-refractivity contribution >= 4 is 44.6 Å². The molecule has 1 atom stereocenters. The summed E-state index contributed by atoms with van der Waals surface area (Å²) in [4.78, 5) is 4.36. The average molecular weight is 332 g/mol. The van der Waals surface area contributed by atoms with Crippen molar-refractivity contribution in [2.45, 2.75) is 19.9 Å². The summed E-state index contributed by atoms with van der Waals surface area (Å²) in [5.41, 5.74) is 3.22. The molecule has 1 N–H and O–H groups in total. The zero-order valence-electron chi connectivity index (χ0n) is 9.50. The van der Waals surface area contributed by atoms with Crippen molar-refractivity contribution < 1.29 is 0 Å². The minimum Gasteiger partial charge on any atom is -0.377 e. The zero-order valence-corrected chi connectivity index (χ0v) is 12.7. The molecule has 0 bridgehead atoms. The van der Waals surface area contributed by atoms with Crippen molar-refractivity contribution in [1.29, 1.82) is 0 Å². The molecule has 5 heteroatoms. The van der Waals surface area contributed by atoms with Gasteiger partial charge in [0.25, 0.3) is 0 Å². The van der Waals surface area contributed by atoms with Gasteiger partial charge in [0.05, 0.1) is 15.7 Å². The Morgan fingerprint density at radius 3 is 2.82 bits per heavy atom. The van der Waals surface area contributed by atoms with E-state index in [1.807, 2.05) is 25.1 Å². The van der Waals surface area contributed by atoms with Crippen LogP contribution in [0.3, 0.4) is 0 Å². The van der Waals surface area contributed by atoms with E-state index in [1.54, 1.807) is 11.3 Å². The largest absolute Gasteiger partial charge is 0.377 e. The van der Waals surface area contributed by atoms with Crippen LogP contribution in [-0.2, 0) is 0 Å². The van der Waals surface area contributed by atoms with Gasteiger partial charge in [-0.3, -0.25) is 0 Å². The molecule has 0 saturated carbocycles. The summed E-state index contributed by atoms with van der Waals surface area (Å²) in [7, 11) is 0. The number of anilines is 1. The maximum atomic E-state index is 5.93. The third-order valence-corrected chi connectivity index (χ3v) is 4.06. The normalized spacial score (nSPS) is 12.5. The fraction of sp³-hybridized carbons (Fsp3) is 0.250. The van der Waals surface area contributed by atoms with Crippen LogP contribution >= 0.6 is 38.9 Å². The van der Waals surface area contributed by atoms with E-state index in [0.29, 0.717) is 0 Å². The standard InChI is InChI=1S/C12H12BrClN2S/c1-7(9-5-12(14)17-6-9)15-10-3-4-11(13)16-8(10)2/h3-7,15H,1-2H3. The van der Waals surface area contributed by atoms with Crippen molar-refractivity contribution in [2.75, 3.05) is 5.32 Å². The molecule has 0 radical (unpaired) electrons. The molecule has 0 aliphatic rings. The number of aryl methyl sites for hydroxylation is 1. The minimum absolute atomic E-state index is 0.223. The highest BCUT2D eigenvalue weighted by Gasteiger charge is 2.09. The molecule has 0 fully saturated rings. The van der Waals surface area contributed by atoms with Gasteiger partial charge in [-0.05, 0) is 58.9 Å². The summed E-state index contributed by atoms with van der Waals surface area (Å²) >= 11 is 10.8. The molecular weight excluding hydrogens is 320 g/mol. The first-order valence-corrected chi connectivity index (χ1v) is 7.25. The Labute approximate surface area is 118 Å². The quantitative estimate of drug-likeness (QED) is 0.797. The molecule has 2 heterocycles. The Kier molecular flexibility index (Phi) is 4.07. The summed E-state index contributed by atoms with van der Waals surface area (Å²) in [6, 6.07) is 6.17. The predicted molar refractivity (Wildman–Crippen MR) is 78.0 cm³/mol.